The topological polar surface area (TPSA) is 46.5 Å². The first-order chi connectivity index (χ1) is 4.54. The van der Waals surface area contributed by atoms with Crippen molar-refractivity contribution < 1.29 is 14.6 Å². The summed E-state index contributed by atoms with van der Waals surface area (Å²) in [5.74, 6) is -0.544. The van der Waals surface area contributed by atoms with Crippen LogP contribution >= 0.6 is 0 Å². The zero-order chi connectivity index (χ0) is 8.20. The maximum absolute atomic E-state index is 10.8. The van der Waals surface area contributed by atoms with Gasteiger partial charge in [-0.15, -0.1) is 0 Å². The molecule has 3 heteroatoms. The minimum Gasteiger partial charge on any atom is -0.464 e. The van der Waals surface area contributed by atoms with E-state index in [0.717, 1.165) is 0 Å². The van der Waals surface area contributed by atoms with Crippen molar-refractivity contribution in [1.82, 2.24) is 0 Å². The van der Waals surface area contributed by atoms with Gasteiger partial charge in [-0.05, 0) is 20.3 Å². The molecule has 0 aliphatic carbocycles. The first-order valence-corrected chi connectivity index (χ1v) is 3.44. The summed E-state index contributed by atoms with van der Waals surface area (Å²) in [7, 11) is 0. The molecular weight excluding hydrogens is 132 g/mol. The number of aliphatic hydroxyl groups is 1. The van der Waals surface area contributed by atoms with Gasteiger partial charge in [0.1, 0.15) is 0 Å². The Kier molecular flexibility index (Phi) is 3.36. The third kappa shape index (κ3) is 2.35. The number of ether oxygens (including phenoxy) is 1. The Morgan fingerprint density at radius 3 is 2.40 bits per heavy atom. The van der Waals surface area contributed by atoms with Crippen molar-refractivity contribution in [2.24, 2.45) is 0 Å². The second-order valence-corrected chi connectivity index (χ2v) is 2.35. The molecule has 0 heterocycles. The first kappa shape index (κ1) is 9.43. The van der Waals surface area contributed by atoms with Gasteiger partial charge in [-0.1, -0.05) is 6.92 Å². The molecule has 0 aromatic carbocycles. The van der Waals surface area contributed by atoms with E-state index in [-0.39, 0.29) is 0 Å². The van der Waals surface area contributed by atoms with Crippen LogP contribution in [0, 0.1) is 0 Å². The normalized spacial score (nSPS) is 16.0. The Balaban J connectivity index is 3.91. The molecular formula is C7H14O3. The fourth-order valence-electron chi connectivity index (χ4n) is 0.431. The highest BCUT2D eigenvalue weighted by Crippen LogP contribution is 2.09. The Morgan fingerprint density at radius 2 is 2.10 bits per heavy atom. The lowest BCUT2D eigenvalue weighted by atomic mass is 10.1. The van der Waals surface area contributed by atoms with Gasteiger partial charge >= 0.3 is 5.97 Å². The molecule has 0 aromatic rings. The molecule has 0 aromatic heterocycles. The monoisotopic (exact) mass is 146 g/mol. The average molecular weight is 146 g/mol. The molecule has 1 N–H and O–H groups in total. The van der Waals surface area contributed by atoms with Crippen molar-refractivity contribution >= 4 is 5.97 Å². The predicted molar refractivity (Wildman–Crippen MR) is 37.5 cm³/mol. The molecule has 0 spiro atoms. The standard InChI is InChI=1S/C7H14O3/c1-4-7(3,9)6(8)10-5-2/h9H,4-5H2,1-3H3. The van der Waals surface area contributed by atoms with Crippen LogP contribution in [0.4, 0.5) is 0 Å². The highest BCUT2D eigenvalue weighted by molar-refractivity contribution is 5.78. The number of carbonyl (C=O) groups is 1. The number of hydrogen-bond donors (Lipinski definition) is 1. The lowest BCUT2D eigenvalue weighted by Crippen LogP contribution is -2.35. The van der Waals surface area contributed by atoms with Gasteiger partial charge in [0, 0.05) is 0 Å². The van der Waals surface area contributed by atoms with Crippen LogP contribution in [-0.2, 0) is 9.53 Å². The van der Waals surface area contributed by atoms with E-state index in [1.807, 2.05) is 0 Å². The molecule has 0 amide bonds. The molecule has 0 saturated carbocycles. The summed E-state index contributed by atoms with van der Waals surface area (Å²) in [6.07, 6.45) is 0.381. The van der Waals surface area contributed by atoms with Crippen molar-refractivity contribution in [3.05, 3.63) is 0 Å². The van der Waals surface area contributed by atoms with Gasteiger partial charge in [-0.2, -0.15) is 0 Å². The quantitative estimate of drug-likeness (QED) is 0.596. The third-order valence-corrected chi connectivity index (χ3v) is 1.40. The molecule has 1 unspecified atom stereocenters. The van der Waals surface area contributed by atoms with Gasteiger partial charge in [0.15, 0.2) is 5.60 Å². The van der Waals surface area contributed by atoms with Gasteiger partial charge in [0.25, 0.3) is 0 Å². The Hall–Kier alpha value is -0.570. The van der Waals surface area contributed by atoms with Gasteiger partial charge in [-0.25, -0.2) is 4.79 Å². The summed E-state index contributed by atoms with van der Waals surface area (Å²) >= 11 is 0. The fourth-order valence-corrected chi connectivity index (χ4v) is 0.431. The van der Waals surface area contributed by atoms with Crippen LogP contribution in [0.2, 0.25) is 0 Å². The predicted octanol–water partition coefficient (Wildman–Crippen LogP) is 0.710. The van der Waals surface area contributed by atoms with E-state index in [4.69, 9.17) is 0 Å². The van der Waals surface area contributed by atoms with E-state index >= 15 is 0 Å². The summed E-state index contributed by atoms with van der Waals surface area (Å²) in [5, 5.41) is 9.25. The van der Waals surface area contributed by atoms with Gasteiger partial charge in [0.05, 0.1) is 6.61 Å². The number of esters is 1. The number of rotatable bonds is 3. The smallest absolute Gasteiger partial charge is 0.337 e. The van der Waals surface area contributed by atoms with E-state index < -0.39 is 11.6 Å². The number of carbonyl (C=O) groups excluding carboxylic acids is 1. The van der Waals surface area contributed by atoms with Crippen LogP contribution in [0.25, 0.3) is 0 Å². The van der Waals surface area contributed by atoms with E-state index in [2.05, 4.69) is 4.74 Å². The van der Waals surface area contributed by atoms with Crippen molar-refractivity contribution in [2.75, 3.05) is 6.61 Å². The van der Waals surface area contributed by atoms with Crippen molar-refractivity contribution in [3.63, 3.8) is 0 Å². The highest BCUT2D eigenvalue weighted by atomic mass is 16.5. The van der Waals surface area contributed by atoms with Gasteiger partial charge < -0.3 is 9.84 Å². The maximum Gasteiger partial charge on any atom is 0.337 e. The van der Waals surface area contributed by atoms with Crippen LogP contribution in [0.5, 0.6) is 0 Å². The van der Waals surface area contributed by atoms with Crippen molar-refractivity contribution in [3.8, 4) is 0 Å². The molecule has 0 bridgehead atoms. The average Bonchev–Trinajstić information content (AvgIpc) is 1.89. The zero-order valence-electron chi connectivity index (χ0n) is 6.68. The molecule has 0 aliphatic rings. The molecule has 10 heavy (non-hydrogen) atoms. The molecule has 3 nitrogen and oxygen atoms in total. The van der Waals surface area contributed by atoms with E-state index in [0.29, 0.717) is 13.0 Å². The van der Waals surface area contributed by atoms with Gasteiger partial charge in [0.2, 0.25) is 0 Å². The van der Waals surface area contributed by atoms with Crippen LogP contribution in [0.15, 0.2) is 0 Å². The van der Waals surface area contributed by atoms with Crippen LogP contribution in [-0.4, -0.2) is 23.3 Å². The minimum absolute atomic E-state index is 0.314. The summed E-state index contributed by atoms with van der Waals surface area (Å²) in [6.45, 7) is 5.21. The van der Waals surface area contributed by atoms with Crippen molar-refractivity contribution in [1.29, 1.82) is 0 Å². The molecule has 0 rings (SSSR count). The maximum atomic E-state index is 10.8. The number of hydrogen-bond acceptors (Lipinski definition) is 3. The lowest BCUT2D eigenvalue weighted by Gasteiger charge is -2.17. The Bertz CT molecular complexity index is 118. The Labute approximate surface area is 61.0 Å². The van der Waals surface area contributed by atoms with Crippen LogP contribution < -0.4 is 0 Å². The lowest BCUT2D eigenvalue weighted by molar-refractivity contribution is -0.163. The second-order valence-electron chi connectivity index (χ2n) is 2.35. The SMILES string of the molecule is CCOC(=O)C(C)(O)CC. The fraction of sp³-hybridized carbons (Fsp3) is 0.857. The minimum atomic E-state index is -1.31. The molecule has 1 atom stereocenters. The molecule has 60 valence electrons. The van der Waals surface area contributed by atoms with Gasteiger partial charge in [-0.3, -0.25) is 0 Å². The van der Waals surface area contributed by atoms with E-state index in [1.54, 1.807) is 13.8 Å². The molecule has 0 radical (unpaired) electrons. The largest absolute Gasteiger partial charge is 0.464 e. The summed E-state index contributed by atoms with van der Waals surface area (Å²) in [4.78, 5) is 10.8. The second kappa shape index (κ2) is 3.56. The summed E-state index contributed by atoms with van der Waals surface area (Å²) in [5.41, 5.74) is -1.31. The van der Waals surface area contributed by atoms with Crippen LogP contribution in [0.3, 0.4) is 0 Å². The highest BCUT2D eigenvalue weighted by Gasteiger charge is 2.28. The van der Waals surface area contributed by atoms with Crippen LogP contribution in [0.1, 0.15) is 27.2 Å². The summed E-state index contributed by atoms with van der Waals surface area (Å²) in [6, 6.07) is 0. The summed E-state index contributed by atoms with van der Waals surface area (Å²) < 4.78 is 4.61. The zero-order valence-corrected chi connectivity index (χ0v) is 6.68. The van der Waals surface area contributed by atoms with Crippen molar-refractivity contribution in [2.45, 2.75) is 32.8 Å². The van der Waals surface area contributed by atoms with E-state index in [9.17, 15) is 9.90 Å². The molecule has 0 fully saturated rings. The molecule has 0 saturated heterocycles. The van der Waals surface area contributed by atoms with E-state index in [1.165, 1.54) is 6.92 Å². The molecule has 0 aliphatic heterocycles. The third-order valence-electron chi connectivity index (χ3n) is 1.40. The Morgan fingerprint density at radius 1 is 1.60 bits per heavy atom. The first-order valence-electron chi connectivity index (χ1n) is 3.44.